The molecule has 0 saturated heterocycles. The molecule has 128 valence electrons. The average molecular weight is 327 g/mol. The lowest BCUT2D eigenvalue weighted by Gasteiger charge is -2.32. The predicted molar refractivity (Wildman–Crippen MR) is 94.0 cm³/mol. The summed E-state index contributed by atoms with van der Waals surface area (Å²) in [4.78, 5) is 26.5. The van der Waals surface area contributed by atoms with Crippen LogP contribution < -0.4 is 4.90 Å². The molecule has 1 aromatic carbocycles. The molecule has 1 aliphatic heterocycles. The van der Waals surface area contributed by atoms with Gasteiger partial charge < -0.3 is 5.11 Å². The highest BCUT2D eigenvalue weighted by Gasteiger charge is 2.45. The Morgan fingerprint density at radius 2 is 1.67 bits per heavy atom. The van der Waals surface area contributed by atoms with Crippen molar-refractivity contribution in [2.45, 2.75) is 58.4 Å². The Balaban J connectivity index is 2.03. The van der Waals surface area contributed by atoms with E-state index in [-0.39, 0.29) is 23.5 Å². The number of rotatable bonds is 3. The largest absolute Gasteiger partial charge is 0.503 e. The summed E-state index contributed by atoms with van der Waals surface area (Å²) < 4.78 is 0. The van der Waals surface area contributed by atoms with Crippen molar-refractivity contribution < 1.29 is 14.7 Å². The Morgan fingerprint density at radius 3 is 2.21 bits per heavy atom. The standard InChI is InChI=1S/C20H25NO3/c1-13-9-11-16(12-10-13)21-18(15-7-5-3-4-6-8-15)17(14(2)22)19(23)20(21)24/h9-12,15,18,23H,3-8H2,1-2H3. The number of anilines is 1. The van der Waals surface area contributed by atoms with Gasteiger partial charge in [-0.05, 0) is 44.7 Å². The zero-order valence-electron chi connectivity index (χ0n) is 14.4. The van der Waals surface area contributed by atoms with E-state index in [4.69, 9.17) is 0 Å². The van der Waals surface area contributed by atoms with Gasteiger partial charge in [0.15, 0.2) is 11.5 Å². The van der Waals surface area contributed by atoms with Crippen LogP contribution in [0.4, 0.5) is 5.69 Å². The number of hydrogen-bond acceptors (Lipinski definition) is 3. The van der Waals surface area contributed by atoms with Gasteiger partial charge in [0, 0.05) is 5.69 Å². The van der Waals surface area contributed by atoms with E-state index in [0.29, 0.717) is 5.57 Å². The first kappa shape index (κ1) is 16.7. The maximum atomic E-state index is 12.7. The summed E-state index contributed by atoms with van der Waals surface area (Å²) in [6.07, 6.45) is 6.61. The van der Waals surface area contributed by atoms with Crippen LogP contribution in [0, 0.1) is 12.8 Å². The van der Waals surface area contributed by atoms with Crippen molar-refractivity contribution in [2.24, 2.45) is 5.92 Å². The van der Waals surface area contributed by atoms with Crippen LogP contribution in [0.5, 0.6) is 0 Å². The number of hydrogen-bond donors (Lipinski definition) is 1. The van der Waals surface area contributed by atoms with Crippen LogP contribution in [0.2, 0.25) is 0 Å². The molecule has 1 saturated carbocycles. The number of amides is 1. The van der Waals surface area contributed by atoms with Gasteiger partial charge in [0.05, 0.1) is 11.6 Å². The van der Waals surface area contributed by atoms with Gasteiger partial charge in [-0.25, -0.2) is 0 Å². The smallest absolute Gasteiger partial charge is 0.294 e. The number of carbonyl (C=O) groups is 2. The second-order valence-electron chi connectivity index (χ2n) is 7.03. The second kappa shape index (κ2) is 6.80. The van der Waals surface area contributed by atoms with Crippen molar-refractivity contribution in [1.82, 2.24) is 0 Å². The van der Waals surface area contributed by atoms with Crippen molar-refractivity contribution in [1.29, 1.82) is 0 Å². The fraction of sp³-hybridized carbons (Fsp3) is 0.500. The topological polar surface area (TPSA) is 57.6 Å². The normalized spacial score (nSPS) is 22.8. The number of aryl methyl sites for hydroxylation is 1. The number of aliphatic hydroxyl groups excluding tert-OH is 1. The van der Waals surface area contributed by atoms with Gasteiger partial charge in [0.1, 0.15) is 0 Å². The Labute approximate surface area is 143 Å². The monoisotopic (exact) mass is 327 g/mol. The first-order valence-electron chi connectivity index (χ1n) is 8.85. The fourth-order valence-corrected chi connectivity index (χ4v) is 4.06. The zero-order chi connectivity index (χ0) is 17.3. The van der Waals surface area contributed by atoms with Crippen LogP contribution in [0.1, 0.15) is 51.0 Å². The molecular weight excluding hydrogens is 302 g/mol. The maximum absolute atomic E-state index is 12.7. The molecule has 0 bridgehead atoms. The summed E-state index contributed by atoms with van der Waals surface area (Å²) in [5, 5.41) is 10.4. The van der Waals surface area contributed by atoms with E-state index in [2.05, 4.69) is 0 Å². The molecular formula is C20H25NO3. The van der Waals surface area contributed by atoms with E-state index in [0.717, 1.165) is 36.9 Å². The highest BCUT2D eigenvalue weighted by molar-refractivity contribution is 6.16. The second-order valence-corrected chi connectivity index (χ2v) is 7.03. The average Bonchev–Trinajstić information content (AvgIpc) is 2.74. The lowest BCUT2D eigenvalue weighted by molar-refractivity contribution is -0.117. The molecule has 0 spiro atoms. The molecule has 4 nitrogen and oxygen atoms in total. The van der Waals surface area contributed by atoms with E-state index in [1.54, 1.807) is 4.90 Å². The molecule has 2 aliphatic rings. The maximum Gasteiger partial charge on any atom is 0.294 e. The Morgan fingerprint density at radius 1 is 1.08 bits per heavy atom. The zero-order valence-corrected chi connectivity index (χ0v) is 14.4. The third-order valence-corrected chi connectivity index (χ3v) is 5.29. The van der Waals surface area contributed by atoms with Crippen LogP contribution >= 0.6 is 0 Å². The first-order chi connectivity index (χ1) is 11.5. The Kier molecular flexibility index (Phi) is 4.74. The third-order valence-electron chi connectivity index (χ3n) is 5.29. The molecule has 3 rings (SSSR count). The summed E-state index contributed by atoms with van der Waals surface area (Å²) >= 11 is 0. The van der Waals surface area contributed by atoms with Gasteiger partial charge in [-0.15, -0.1) is 0 Å². The first-order valence-corrected chi connectivity index (χ1v) is 8.85. The highest BCUT2D eigenvalue weighted by Crippen LogP contribution is 2.39. The number of Topliss-reactive ketones (excluding diaryl/α,β-unsaturated/α-hetero) is 1. The van der Waals surface area contributed by atoms with Gasteiger partial charge in [0.25, 0.3) is 5.91 Å². The van der Waals surface area contributed by atoms with Crippen LogP contribution in [0.25, 0.3) is 0 Å². The minimum absolute atomic E-state index is 0.204. The number of aliphatic hydroxyl groups is 1. The minimum atomic E-state index is -0.446. The number of ketones is 1. The molecule has 1 heterocycles. The number of carbonyl (C=O) groups excluding carboxylic acids is 2. The van der Waals surface area contributed by atoms with Crippen molar-refractivity contribution >= 4 is 17.4 Å². The lowest BCUT2D eigenvalue weighted by Crippen LogP contribution is -2.41. The minimum Gasteiger partial charge on any atom is -0.503 e. The number of benzene rings is 1. The van der Waals surface area contributed by atoms with Gasteiger partial charge in [0.2, 0.25) is 0 Å². The van der Waals surface area contributed by atoms with Crippen LogP contribution in [-0.4, -0.2) is 22.8 Å². The lowest BCUT2D eigenvalue weighted by atomic mass is 9.85. The van der Waals surface area contributed by atoms with Crippen molar-refractivity contribution in [3.05, 3.63) is 41.2 Å². The summed E-state index contributed by atoms with van der Waals surface area (Å²) in [5.41, 5.74) is 2.16. The summed E-state index contributed by atoms with van der Waals surface area (Å²) in [6.45, 7) is 3.44. The molecule has 1 fully saturated rings. The Bertz CT molecular complexity index is 667. The summed E-state index contributed by atoms with van der Waals surface area (Å²) in [7, 11) is 0. The molecule has 24 heavy (non-hydrogen) atoms. The molecule has 0 aromatic heterocycles. The fourth-order valence-electron chi connectivity index (χ4n) is 4.06. The molecule has 1 N–H and O–H groups in total. The molecule has 1 atom stereocenters. The molecule has 0 radical (unpaired) electrons. The summed E-state index contributed by atoms with van der Waals surface area (Å²) in [5.74, 6) is -0.790. The van der Waals surface area contributed by atoms with E-state index in [1.165, 1.54) is 19.8 Å². The SMILES string of the molecule is CC(=O)C1=C(O)C(=O)N(c2ccc(C)cc2)C1C1CCCCCC1. The highest BCUT2D eigenvalue weighted by atomic mass is 16.3. The molecule has 1 unspecified atom stereocenters. The van der Waals surface area contributed by atoms with E-state index >= 15 is 0 Å². The van der Waals surface area contributed by atoms with Crippen LogP contribution in [-0.2, 0) is 9.59 Å². The van der Waals surface area contributed by atoms with Gasteiger partial charge in [-0.3, -0.25) is 14.5 Å². The third kappa shape index (κ3) is 2.97. The van der Waals surface area contributed by atoms with Gasteiger partial charge >= 0.3 is 0 Å². The molecule has 1 aliphatic carbocycles. The van der Waals surface area contributed by atoms with Crippen molar-refractivity contribution in [3.8, 4) is 0 Å². The quantitative estimate of drug-likeness (QED) is 0.851. The molecule has 4 heteroatoms. The molecule has 1 amide bonds. The van der Waals surface area contributed by atoms with Crippen LogP contribution in [0.3, 0.4) is 0 Å². The van der Waals surface area contributed by atoms with E-state index in [9.17, 15) is 14.7 Å². The number of nitrogens with zero attached hydrogens (tertiary/aromatic N) is 1. The summed E-state index contributed by atoms with van der Waals surface area (Å²) in [6, 6.07) is 7.36. The van der Waals surface area contributed by atoms with E-state index in [1.807, 2.05) is 31.2 Å². The van der Waals surface area contributed by atoms with Gasteiger partial charge in [-0.2, -0.15) is 0 Å². The van der Waals surface area contributed by atoms with Crippen molar-refractivity contribution in [2.75, 3.05) is 4.90 Å². The Hall–Kier alpha value is -2.10. The predicted octanol–water partition coefficient (Wildman–Crippen LogP) is 4.08. The van der Waals surface area contributed by atoms with Crippen molar-refractivity contribution in [3.63, 3.8) is 0 Å². The van der Waals surface area contributed by atoms with Crippen LogP contribution in [0.15, 0.2) is 35.6 Å². The van der Waals surface area contributed by atoms with Gasteiger partial charge in [-0.1, -0.05) is 43.4 Å². The van der Waals surface area contributed by atoms with E-state index < -0.39 is 5.91 Å². The molecule has 1 aromatic rings.